The van der Waals surface area contributed by atoms with E-state index < -0.39 is 0 Å². The molecular weight excluding hydrogens is 415 g/mol. The van der Waals surface area contributed by atoms with Gasteiger partial charge in [-0.25, -0.2) is 4.98 Å². The van der Waals surface area contributed by atoms with Crippen LogP contribution in [0.2, 0.25) is 0 Å². The molecule has 0 bridgehead atoms. The summed E-state index contributed by atoms with van der Waals surface area (Å²) in [4.78, 5) is 13.7. The fourth-order valence-corrected chi connectivity index (χ4v) is 3.01. The maximum Gasteiger partial charge on any atom is 0.194 e. The lowest BCUT2D eigenvalue weighted by atomic mass is 9.93. The van der Waals surface area contributed by atoms with E-state index in [0.717, 1.165) is 45.2 Å². The second-order valence-corrected chi connectivity index (χ2v) is 6.42. The Morgan fingerprint density at radius 3 is 2.83 bits per heavy atom. The monoisotopic (exact) mass is 448 g/mol. The molecule has 2 atom stereocenters. The van der Waals surface area contributed by atoms with Crippen LogP contribution < -0.4 is 5.32 Å². The molecule has 0 aliphatic carbocycles. The van der Waals surface area contributed by atoms with Crippen LogP contribution in [0.3, 0.4) is 0 Å². The zero-order valence-electron chi connectivity index (χ0n) is 15.5. The summed E-state index contributed by atoms with van der Waals surface area (Å²) in [5.41, 5.74) is 0. The molecule has 138 valence electrons. The van der Waals surface area contributed by atoms with Crippen molar-refractivity contribution < 1.29 is 0 Å². The summed E-state index contributed by atoms with van der Waals surface area (Å²) in [5.74, 6) is 1.71. The fraction of sp³-hybridized carbons (Fsp3) is 0.765. The molecule has 2 rings (SSSR count). The van der Waals surface area contributed by atoms with Gasteiger partial charge in [-0.05, 0) is 32.9 Å². The third-order valence-corrected chi connectivity index (χ3v) is 4.74. The quantitative estimate of drug-likeness (QED) is 0.412. The number of rotatable bonds is 6. The van der Waals surface area contributed by atoms with Crippen LogP contribution in [-0.4, -0.2) is 71.6 Å². The fourth-order valence-electron chi connectivity index (χ4n) is 3.01. The topological polar surface area (TPSA) is 48.7 Å². The van der Waals surface area contributed by atoms with Gasteiger partial charge in [-0.15, -0.1) is 24.0 Å². The van der Waals surface area contributed by atoms with Crippen LogP contribution >= 0.6 is 24.0 Å². The lowest BCUT2D eigenvalue weighted by Gasteiger charge is -2.39. The molecule has 0 radical (unpaired) electrons. The average molecular weight is 448 g/mol. The Balaban J connectivity index is 0.00000288. The molecule has 24 heavy (non-hydrogen) atoms. The number of hydrogen-bond donors (Lipinski definition) is 1. The number of likely N-dealkylation sites (tertiary alicyclic amines) is 1. The van der Waals surface area contributed by atoms with E-state index in [2.05, 4.69) is 58.7 Å². The largest absolute Gasteiger partial charge is 0.357 e. The summed E-state index contributed by atoms with van der Waals surface area (Å²) >= 11 is 0. The number of likely N-dealkylation sites (N-methyl/N-ethyl adjacent to an activating group) is 1. The predicted molar refractivity (Wildman–Crippen MR) is 111 cm³/mol. The summed E-state index contributed by atoms with van der Waals surface area (Å²) in [6.07, 6.45) is 7.06. The Hall–Kier alpha value is -0.830. The number of aliphatic imine (C=N–C) groups is 1. The zero-order chi connectivity index (χ0) is 16.7. The molecule has 1 aromatic heterocycles. The average Bonchev–Trinajstić information content (AvgIpc) is 3.08. The van der Waals surface area contributed by atoms with Crippen LogP contribution in [0.5, 0.6) is 0 Å². The zero-order valence-corrected chi connectivity index (χ0v) is 17.8. The molecule has 0 saturated carbocycles. The van der Waals surface area contributed by atoms with Gasteiger partial charge in [-0.3, -0.25) is 4.99 Å². The number of nitrogens with one attached hydrogen (secondary N) is 1. The van der Waals surface area contributed by atoms with Crippen molar-refractivity contribution in [1.82, 2.24) is 24.7 Å². The maximum absolute atomic E-state index is 4.83. The van der Waals surface area contributed by atoms with Gasteiger partial charge in [0.15, 0.2) is 5.96 Å². The number of hydrogen-bond acceptors (Lipinski definition) is 3. The maximum atomic E-state index is 4.83. The van der Waals surface area contributed by atoms with Crippen molar-refractivity contribution in [2.75, 3.05) is 46.3 Å². The smallest absolute Gasteiger partial charge is 0.194 e. The van der Waals surface area contributed by atoms with Gasteiger partial charge in [0.05, 0.1) is 18.9 Å². The van der Waals surface area contributed by atoms with Gasteiger partial charge < -0.3 is 19.7 Å². The highest BCUT2D eigenvalue weighted by Gasteiger charge is 2.28. The standard InChI is InChI=1S/C17H32N6.HI/c1-5-19-17(20-9-11-21(4)6-2)22-10-7-15(3)16(13-22)23-12-8-18-14-23;/h8,12,14-16H,5-7,9-11,13H2,1-4H3,(H,19,20);1H. The molecule has 0 spiro atoms. The second kappa shape index (κ2) is 10.9. The minimum atomic E-state index is 0. The van der Waals surface area contributed by atoms with E-state index in [1.807, 2.05) is 12.5 Å². The lowest BCUT2D eigenvalue weighted by Crippen LogP contribution is -2.49. The van der Waals surface area contributed by atoms with Gasteiger partial charge in [0, 0.05) is 38.6 Å². The van der Waals surface area contributed by atoms with Crippen molar-refractivity contribution in [2.45, 2.75) is 33.2 Å². The number of imidazole rings is 1. The van der Waals surface area contributed by atoms with Crippen molar-refractivity contribution in [3.63, 3.8) is 0 Å². The summed E-state index contributed by atoms with van der Waals surface area (Å²) in [6, 6.07) is 0.466. The van der Waals surface area contributed by atoms with Crippen LogP contribution in [0, 0.1) is 5.92 Å². The first kappa shape index (κ1) is 21.2. The van der Waals surface area contributed by atoms with Crippen LogP contribution in [0.4, 0.5) is 0 Å². The summed E-state index contributed by atoms with van der Waals surface area (Å²) in [7, 11) is 2.14. The van der Waals surface area contributed by atoms with Gasteiger partial charge in [-0.1, -0.05) is 13.8 Å². The van der Waals surface area contributed by atoms with Crippen LogP contribution in [0.15, 0.2) is 23.7 Å². The van der Waals surface area contributed by atoms with Crippen molar-refractivity contribution in [3.8, 4) is 0 Å². The molecule has 1 fully saturated rings. The van der Waals surface area contributed by atoms with Crippen molar-refractivity contribution in [1.29, 1.82) is 0 Å². The molecule has 1 aromatic rings. The lowest BCUT2D eigenvalue weighted by molar-refractivity contribution is 0.189. The van der Waals surface area contributed by atoms with E-state index in [0.29, 0.717) is 12.0 Å². The van der Waals surface area contributed by atoms with Gasteiger partial charge >= 0.3 is 0 Å². The van der Waals surface area contributed by atoms with E-state index in [4.69, 9.17) is 4.99 Å². The van der Waals surface area contributed by atoms with E-state index in [1.54, 1.807) is 0 Å². The van der Waals surface area contributed by atoms with Gasteiger partial charge in [-0.2, -0.15) is 0 Å². The molecule has 1 aliphatic rings. The van der Waals surface area contributed by atoms with Gasteiger partial charge in [0.25, 0.3) is 0 Å². The van der Waals surface area contributed by atoms with E-state index in [1.165, 1.54) is 6.42 Å². The highest BCUT2D eigenvalue weighted by molar-refractivity contribution is 14.0. The predicted octanol–water partition coefficient (Wildman–Crippen LogP) is 2.30. The Morgan fingerprint density at radius 1 is 1.42 bits per heavy atom. The Kier molecular flexibility index (Phi) is 9.65. The summed E-state index contributed by atoms with van der Waals surface area (Å²) in [5, 5.41) is 3.46. The first-order valence-electron chi connectivity index (χ1n) is 8.84. The molecule has 1 saturated heterocycles. The summed E-state index contributed by atoms with van der Waals surface area (Å²) in [6.45, 7) is 12.5. The second-order valence-electron chi connectivity index (χ2n) is 6.42. The van der Waals surface area contributed by atoms with Gasteiger partial charge in [0.2, 0.25) is 0 Å². The number of aromatic nitrogens is 2. The Morgan fingerprint density at radius 2 is 2.21 bits per heavy atom. The first-order valence-corrected chi connectivity index (χ1v) is 8.84. The molecule has 2 unspecified atom stereocenters. The van der Waals surface area contributed by atoms with Crippen LogP contribution in [-0.2, 0) is 0 Å². The SMILES string of the molecule is CCNC(=NCCN(C)CC)N1CCC(C)C(n2ccnc2)C1.I. The molecule has 2 heterocycles. The molecule has 7 heteroatoms. The number of nitrogens with zero attached hydrogens (tertiary/aromatic N) is 5. The first-order chi connectivity index (χ1) is 11.2. The number of guanidine groups is 1. The third-order valence-electron chi connectivity index (χ3n) is 4.74. The molecule has 6 nitrogen and oxygen atoms in total. The molecular formula is C17H33IN6. The van der Waals surface area contributed by atoms with Crippen molar-refractivity contribution in [3.05, 3.63) is 18.7 Å². The number of halogens is 1. The van der Waals surface area contributed by atoms with Crippen LogP contribution in [0.25, 0.3) is 0 Å². The Bertz CT molecular complexity index is 475. The van der Waals surface area contributed by atoms with Crippen molar-refractivity contribution >= 4 is 29.9 Å². The molecule has 0 aromatic carbocycles. The van der Waals surface area contributed by atoms with Crippen molar-refractivity contribution in [2.24, 2.45) is 10.9 Å². The van der Waals surface area contributed by atoms with Gasteiger partial charge in [0.1, 0.15) is 0 Å². The molecule has 1 aliphatic heterocycles. The highest BCUT2D eigenvalue weighted by atomic mass is 127. The van der Waals surface area contributed by atoms with E-state index in [9.17, 15) is 0 Å². The number of piperidine rings is 1. The minimum Gasteiger partial charge on any atom is -0.357 e. The van der Waals surface area contributed by atoms with E-state index >= 15 is 0 Å². The minimum absolute atomic E-state index is 0. The normalized spacial score (nSPS) is 21.7. The molecule has 0 amide bonds. The summed E-state index contributed by atoms with van der Waals surface area (Å²) < 4.78 is 2.24. The van der Waals surface area contributed by atoms with Crippen LogP contribution in [0.1, 0.15) is 33.2 Å². The Labute approximate surface area is 163 Å². The third kappa shape index (κ3) is 5.91. The highest BCUT2D eigenvalue weighted by Crippen LogP contribution is 2.27. The van der Waals surface area contributed by atoms with E-state index in [-0.39, 0.29) is 24.0 Å². The molecule has 1 N–H and O–H groups in total.